The minimum atomic E-state index is 0.256. The lowest BCUT2D eigenvalue weighted by Crippen LogP contribution is -2.57. The van der Waals surface area contributed by atoms with Crippen molar-refractivity contribution in [2.24, 2.45) is 0 Å². The first-order valence-electron chi connectivity index (χ1n) is 9.27. The van der Waals surface area contributed by atoms with Crippen LogP contribution in [0.15, 0.2) is 48.8 Å². The van der Waals surface area contributed by atoms with E-state index in [0.717, 1.165) is 13.1 Å². The number of nitrogens with one attached hydrogen (secondary N) is 1. The van der Waals surface area contributed by atoms with Crippen LogP contribution in [-0.2, 0) is 19.4 Å². The van der Waals surface area contributed by atoms with Crippen molar-refractivity contribution < 1.29 is 0 Å². The van der Waals surface area contributed by atoms with Crippen LogP contribution in [0.25, 0.3) is 0 Å². The van der Waals surface area contributed by atoms with Crippen LogP contribution in [0.2, 0.25) is 0 Å². The summed E-state index contributed by atoms with van der Waals surface area (Å²) in [4.78, 5) is 6.99. The Balaban J connectivity index is 1.49. The average Bonchev–Trinajstić information content (AvgIpc) is 3.03. The number of aromatic nitrogens is 1. The fourth-order valence-corrected chi connectivity index (χ4v) is 4.44. The highest BCUT2D eigenvalue weighted by Crippen LogP contribution is 2.36. The maximum Gasteiger partial charge on any atom is 0.0414 e. The fraction of sp³-hybridized carbons (Fsp3) is 0.476. The van der Waals surface area contributed by atoms with Gasteiger partial charge >= 0.3 is 0 Å². The van der Waals surface area contributed by atoms with Gasteiger partial charge in [-0.3, -0.25) is 9.88 Å². The molecule has 3 nitrogen and oxygen atoms in total. The van der Waals surface area contributed by atoms with Crippen LogP contribution in [0.5, 0.6) is 0 Å². The monoisotopic (exact) mass is 321 g/mol. The van der Waals surface area contributed by atoms with Crippen molar-refractivity contribution in [3.8, 4) is 0 Å². The summed E-state index contributed by atoms with van der Waals surface area (Å²) < 4.78 is 0. The van der Waals surface area contributed by atoms with Crippen molar-refractivity contribution >= 4 is 0 Å². The van der Waals surface area contributed by atoms with E-state index in [1.165, 1.54) is 50.8 Å². The zero-order valence-electron chi connectivity index (χ0n) is 14.4. The van der Waals surface area contributed by atoms with Crippen LogP contribution in [0.1, 0.15) is 36.0 Å². The van der Waals surface area contributed by atoms with E-state index in [9.17, 15) is 0 Å². The van der Waals surface area contributed by atoms with Crippen LogP contribution in [0, 0.1) is 0 Å². The molecule has 2 aliphatic rings. The third-order valence-electron chi connectivity index (χ3n) is 5.69. The molecule has 1 aliphatic heterocycles. The Hall–Kier alpha value is -1.71. The summed E-state index contributed by atoms with van der Waals surface area (Å²) >= 11 is 0. The smallest absolute Gasteiger partial charge is 0.0414 e. The standard InChI is InChI=1S/C21H27N3/c1-4-11-24(12-5-1)21(13-19-8-2-3-9-20(19)14-21)17-23-16-18-7-6-10-22-15-18/h2-3,6-10,15,23H,1,4-5,11-14,16-17H2. The molecule has 0 spiro atoms. The molecule has 0 unspecified atom stereocenters. The van der Waals surface area contributed by atoms with Gasteiger partial charge in [-0.25, -0.2) is 0 Å². The Morgan fingerprint density at radius 1 is 0.958 bits per heavy atom. The predicted molar refractivity (Wildman–Crippen MR) is 97.9 cm³/mol. The molecular weight excluding hydrogens is 294 g/mol. The number of rotatable bonds is 5. The summed E-state index contributed by atoms with van der Waals surface area (Å²) in [6, 6.07) is 13.2. The van der Waals surface area contributed by atoms with Gasteiger partial charge in [0.1, 0.15) is 0 Å². The zero-order valence-corrected chi connectivity index (χ0v) is 14.4. The SMILES string of the molecule is c1cncc(CNCC2(N3CCCCC3)Cc3ccccc3C2)c1. The Labute approximate surface area is 145 Å². The molecule has 1 aromatic carbocycles. The van der Waals surface area contributed by atoms with E-state index in [0.29, 0.717) is 0 Å². The minimum Gasteiger partial charge on any atom is -0.311 e. The van der Waals surface area contributed by atoms with Crippen molar-refractivity contribution in [3.05, 3.63) is 65.5 Å². The van der Waals surface area contributed by atoms with E-state index in [2.05, 4.69) is 45.5 Å². The molecule has 1 saturated heterocycles. The molecule has 2 aromatic rings. The molecule has 4 rings (SSSR count). The van der Waals surface area contributed by atoms with Gasteiger partial charge < -0.3 is 5.32 Å². The number of nitrogens with zero attached hydrogens (tertiary/aromatic N) is 2. The molecule has 3 heteroatoms. The van der Waals surface area contributed by atoms with E-state index in [4.69, 9.17) is 0 Å². The summed E-state index contributed by atoms with van der Waals surface area (Å²) in [7, 11) is 0. The summed E-state index contributed by atoms with van der Waals surface area (Å²) in [5, 5.41) is 3.73. The molecule has 1 aromatic heterocycles. The Morgan fingerprint density at radius 3 is 2.38 bits per heavy atom. The summed E-state index contributed by atoms with van der Waals surface area (Å²) in [6.07, 6.45) is 10.3. The van der Waals surface area contributed by atoms with Gasteiger partial charge in [-0.1, -0.05) is 36.8 Å². The van der Waals surface area contributed by atoms with Gasteiger partial charge in [0.25, 0.3) is 0 Å². The maximum absolute atomic E-state index is 4.22. The van der Waals surface area contributed by atoms with Crippen molar-refractivity contribution in [3.63, 3.8) is 0 Å². The van der Waals surface area contributed by atoms with Crippen LogP contribution in [0.4, 0.5) is 0 Å². The van der Waals surface area contributed by atoms with Crippen molar-refractivity contribution in [2.45, 2.75) is 44.2 Å². The van der Waals surface area contributed by atoms with E-state index < -0.39 is 0 Å². The van der Waals surface area contributed by atoms with E-state index in [-0.39, 0.29) is 5.54 Å². The molecule has 24 heavy (non-hydrogen) atoms. The first-order valence-corrected chi connectivity index (χ1v) is 9.27. The topological polar surface area (TPSA) is 28.2 Å². The lowest BCUT2D eigenvalue weighted by molar-refractivity contribution is 0.0724. The highest BCUT2D eigenvalue weighted by atomic mass is 15.2. The number of piperidine rings is 1. The van der Waals surface area contributed by atoms with Gasteiger partial charge in [0.2, 0.25) is 0 Å². The molecule has 0 atom stereocenters. The van der Waals surface area contributed by atoms with Gasteiger partial charge in [0.05, 0.1) is 0 Å². The number of fused-ring (bicyclic) bond motifs is 1. The molecule has 0 radical (unpaired) electrons. The maximum atomic E-state index is 4.22. The zero-order chi connectivity index (χ0) is 16.2. The molecule has 1 N–H and O–H groups in total. The molecule has 0 amide bonds. The third kappa shape index (κ3) is 3.24. The van der Waals surface area contributed by atoms with Gasteiger partial charge in [-0.05, 0) is 61.5 Å². The quantitative estimate of drug-likeness (QED) is 0.917. The van der Waals surface area contributed by atoms with Crippen LogP contribution < -0.4 is 5.32 Å². The normalized spacial score (nSPS) is 20.0. The van der Waals surface area contributed by atoms with Crippen LogP contribution in [-0.4, -0.2) is 35.1 Å². The van der Waals surface area contributed by atoms with Gasteiger partial charge in [-0.15, -0.1) is 0 Å². The molecule has 126 valence electrons. The van der Waals surface area contributed by atoms with Gasteiger partial charge in [-0.2, -0.15) is 0 Å². The van der Waals surface area contributed by atoms with Gasteiger partial charge in [0, 0.05) is 31.0 Å². The van der Waals surface area contributed by atoms with E-state index in [1.807, 2.05) is 18.5 Å². The molecule has 2 heterocycles. The van der Waals surface area contributed by atoms with E-state index in [1.54, 1.807) is 11.1 Å². The molecule has 0 saturated carbocycles. The number of hydrogen-bond acceptors (Lipinski definition) is 3. The number of pyridine rings is 1. The van der Waals surface area contributed by atoms with E-state index >= 15 is 0 Å². The summed E-state index contributed by atoms with van der Waals surface area (Å²) in [6.45, 7) is 4.46. The molecule has 1 aliphatic carbocycles. The lowest BCUT2D eigenvalue weighted by Gasteiger charge is -2.44. The molecular formula is C21H27N3. The minimum absolute atomic E-state index is 0.256. The lowest BCUT2D eigenvalue weighted by atomic mass is 9.90. The second kappa shape index (κ2) is 7.04. The Morgan fingerprint density at radius 2 is 1.71 bits per heavy atom. The van der Waals surface area contributed by atoms with Crippen LogP contribution >= 0.6 is 0 Å². The Kier molecular flexibility index (Phi) is 4.63. The molecule has 1 fully saturated rings. The number of hydrogen-bond donors (Lipinski definition) is 1. The first kappa shape index (κ1) is 15.8. The number of benzene rings is 1. The fourth-order valence-electron chi connectivity index (χ4n) is 4.44. The highest BCUT2D eigenvalue weighted by molar-refractivity contribution is 5.37. The highest BCUT2D eigenvalue weighted by Gasteiger charge is 2.41. The number of likely N-dealkylation sites (tertiary alicyclic amines) is 1. The van der Waals surface area contributed by atoms with Crippen molar-refractivity contribution in [1.82, 2.24) is 15.2 Å². The molecule has 0 bridgehead atoms. The summed E-state index contributed by atoms with van der Waals surface area (Å²) in [5.74, 6) is 0. The second-order valence-corrected chi connectivity index (χ2v) is 7.36. The van der Waals surface area contributed by atoms with Gasteiger partial charge in [0.15, 0.2) is 0 Å². The van der Waals surface area contributed by atoms with Crippen molar-refractivity contribution in [1.29, 1.82) is 0 Å². The second-order valence-electron chi connectivity index (χ2n) is 7.36. The van der Waals surface area contributed by atoms with Crippen LogP contribution in [0.3, 0.4) is 0 Å². The average molecular weight is 321 g/mol. The third-order valence-corrected chi connectivity index (χ3v) is 5.69. The Bertz CT molecular complexity index is 637. The van der Waals surface area contributed by atoms with Crippen molar-refractivity contribution in [2.75, 3.05) is 19.6 Å². The largest absolute Gasteiger partial charge is 0.311 e. The predicted octanol–water partition coefficient (Wildman–Crippen LogP) is 3.19. The first-order chi connectivity index (χ1) is 11.9. The summed E-state index contributed by atoms with van der Waals surface area (Å²) in [5.41, 5.74) is 4.62.